The van der Waals surface area contributed by atoms with E-state index in [1.807, 2.05) is 13.1 Å². The van der Waals surface area contributed by atoms with E-state index in [0.717, 1.165) is 15.7 Å². The number of rotatable bonds is 5. The smallest absolute Gasteiger partial charge is 0.164 e. The van der Waals surface area contributed by atoms with E-state index < -0.39 is 6.04 Å². The maximum Gasteiger partial charge on any atom is 0.164 e. The van der Waals surface area contributed by atoms with Crippen LogP contribution in [-0.4, -0.2) is 31.1 Å². The summed E-state index contributed by atoms with van der Waals surface area (Å²) in [6, 6.07) is 3.17. The molecule has 1 unspecified atom stereocenters. The summed E-state index contributed by atoms with van der Waals surface area (Å²) in [5.74, 6) is 1.82. The number of nitrogens with two attached hydrogens (primary N) is 1. The average Bonchev–Trinajstić information content (AvgIpc) is 2.84. The minimum absolute atomic E-state index is 0.415. The monoisotopic (exact) mass is 355 g/mol. The fraction of sp³-hybridized carbons (Fsp3) is 0.357. The molecule has 2 N–H and O–H groups in total. The molecule has 1 atom stereocenters. The van der Waals surface area contributed by atoms with Gasteiger partial charge >= 0.3 is 0 Å². The second-order valence-electron chi connectivity index (χ2n) is 4.43. The molecule has 0 bridgehead atoms. The van der Waals surface area contributed by atoms with Gasteiger partial charge in [0.2, 0.25) is 0 Å². The fourth-order valence-corrected chi connectivity index (χ4v) is 2.81. The number of aryl methyl sites for hydroxylation is 1. The Balaban J connectivity index is 2.57. The van der Waals surface area contributed by atoms with Gasteiger partial charge in [-0.15, -0.1) is 0 Å². The number of hydrogen-bond donors (Lipinski definition) is 1. The van der Waals surface area contributed by atoms with Crippen LogP contribution in [0.5, 0.6) is 17.2 Å². The number of nitrogens with zero attached hydrogens (tertiary/aromatic N) is 2. The summed E-state index contributed by atoms with van der Waals surface area (Å²) in [6.45, 7) is 0. The van der Waals surface area contributed by atoms with Gasteiger partial charge in [0, 0.05) is 18.7 Å². The summed E-state index contributed by atoms with van der Waals surface area (Å²) in [7, 11) is 6.59. The minimum atomic E-state index is -0.415. The van der Waals surface area contributed by atoms with E-state index in [1.54, 1.807) is 38.3 Å². The first-order valence-electron chi connectivity index (χ1n) is 6.26. The molecule has 2 aromatic rings. The quantitative estimate of drug-likeness (QED) is 0.890. The van der Waals surface area contributed by atoms with Crippen molar-refractivity contribution in [3.05, 3.63) is 34.1 Å². The topological polar surface area (TPSA) is 71.5 Å². The van der Waals surface area contributed by atoms with Crippen molar-refractivity contribution in [2.75, 3.05) is 21.3 Å². The minimum Gasteiger partial charge on any atom is -0.496 e. The normalized spacial score (nSPS) is 12.1. The molecule has 0 saturated carbocycles. The molecule has 21 heavy (non-hydrogen) atoms. The highest BCUT2D eigenvalue weighted by Crippen LogP contribution is 2.39. The van der Waals surface area contributed by atoms with Crippen LogP contribution in [0.15, 0.2) is 22.8 Å². The van der Waals surface area contributed by atoms with Crippen LogP contribution in [0.25, 0.3) is 0 Å². The lowest BCUT2D eigenvalue weighted by Crippen LogP contribution is -2.17. The maximum absolute atomic E-state index is 6.39. The Morgan fingerprint density at radius 1 is 1.10 bits per heavy atom. The lowest BCUT2D eigenvalue weighted by molar-refractivity contribution is 0.347. The first-order valence-corrected chi connectivity index (χ1v) is 7.05. The van der Waals surface area contributed by atoms with Crippen molar-refractivity contribution in [1.29, 1.82) is 0 Å². The van der Waals surface area contributed by atoms with Crippen LogP contribution in [0.3, 0.4) is 0 Å². The number of aromatic nitrogens is 2. The highest BCUT2D eigenvalue weighted by molar-refractivity contribution is 9.10. The molecule has 0 radical (unpaired) electrons. The summed E-state index contributed by atoms with van der Waals surface area (Å²) >= 11 is 3.47. The Hall–Kier alpha value is -1.73. The maximum atomic E-state index is 6.39. The Morgan fingerprint density at radius 2 is 1.67 bits per heavy atom. The molecular formula is C14H18BrN3O3. The van der Waals surface area contributed by atoms with Crippen molar-refractivity contribution < 1.29 is 14.2 Å². The molecule has 1 aromatic heterocycles. The number of halogens is 1. The third-order valence-corrected chi connectivity index (χ3v) is 3.91. The van der Waals surface area contributed by atoms with E-state index in [4.69, 9.17) is 19.9 Å². The largest absolute Gasteiger partial charge is 0.496 e. The Kier molecular flexibility index (Phi) is 4.74. The lowest BCUT2D eigenvalue weighted by Gasteiger charge is -2.19. The van der Waals surface area contributed by atoms with Crippen molar-refractivity contribution in [2.24, 2.45) is 12.8 Å². The van der Waals surface area contributed by atoms with E-state index in [1.165, 1.54) is 0 Å². The standard InChI is InChI=1S/C14H18BrN3O3/c1-18-14(9(15)7-17-18)13(16)8-5-11(20-3)12(21-4)6-10(8)19-2/h5-7,13H,16H2,1-4H3. The molecule has 0 amide bonds. The molecule has 1 heterocycles. The van der Waals surface area contributed by atoms with Crippen LogP contribution >= 0.6 is 15.9 Å². The first kappa shape index (κ1) is 15.7. The van der Waals surface area contributed by atoms with Gasteiger partial charge in [0.05, 0.1) is 43.7 Å². The SMILES string of the molecule is COc1cc(OC)c(C(N)c2c(Br)cnn2C)cc1OC. The highest BCUT2D eigenvalue weighted by Gasteiger charge is 2.22. The van der Waals surface area contributed by atoms with Gasteiger partial charge in [0.25, 0.3) is 0 Å². The van der Waals surface area contributed by atoms with Gasteiger partial charge in [-0.1, -0.05) is 0 Å². The molecule has 0 saturated heterocycles. The van der Waals surface area contributed by atoms with Crippen LogP contribution in [0.1, 0.15) is 17.3 Å². The fourth-order valence-electron chi connectivity index (χ4n) is 2.21. The van der Waals surface area contributed by atoms with Crippen molar-refractivity contribution in [3.8, 4) is 17.2 Å². The van der Waals surface area contributed by atoms with Gasteiger partial charge in [-0.05, 0) is 22.0 Å². The molecule has 2 rings (SSSR count). The first-order chi connectivity index (χ1) is 10.0. The van der Waals surface area contributed by atoms with Crippen molar-refractivity contribution in [3.63, 3.8) is 0 Å². The van der Waals surface area contributed by atoms with Crippen LogP contribution in [-0.2, 0) is 7.05 Å². The van der Waals surface area contributed by atoms with Crippen molar-refractivity contribution in [2.45, 2.75) is 6.04 Å². The van der Waals surface area contributed by atoms with Crippen LogP contribution < -0.4 is 19.9 Å². The molecular weight excluding hydrogens is 338 g/mol. The van der Waals surface area contributed by atoms with E-state index in [-0.39, 0.29) is 0 Å². The second-order valence-corrected chi connectivity index (χ2v) is 5.28. The van der Waals surface area contributed by atoms with Crippen LogP contribution in [0.4, 0.5) is 0 Å². The molecule has 0 fully saturated rings. The molecule has 1 aromatic carbocycles. The summed E-state index contributed by atoms with van der Waals surface area (Å²) in [6.07, 6.45) is 1.71. The van der Waals surface area contributed by atoms with Crippen molar-refractivity contribution in [1.82, 2.24) is 9.78 Å². The molecule has 0 aliphatic heterocycles. The number of ether oxygens (including phenoxy) is 3. The molecule has 0 aliphatic rings. The summed E-state index contributed by atoms with van der Waals surface area (Å²) in [5.41, 5.74) is 8.03. The predicted octanol–water partition coefficient (Wildman–Crippen LogP) is 2.26. The third-order valence-electron chi connectivity index (χ3n) is 3.30. The van der Waals surface area contributed by atoms with Gasteiger partial charge < -0.3 is 19.9 Å². The summed E-state index contributed by atoms with van der Waals surface area (Å²) in [4.78, 5) is 0. The Bertz CT molecular complexity index is 623. The lowest BCUT2D eigenvalue weighted by atomic mass is 10.0. The summed E-state index contributed by atoms with van der Waals surface area (Å²) < 4.78 is 18.6. The zero-order valence-corrected chi connectivity index (χ0v) is 14.0. The Morgan fingerprint density at radius 3 is 2.14 bits per heavy atom. The van der Waals surface area contributed by atoms with E-state index >= 15 is 0 Å². The predicted molar refractivity (Wildman–Crippen MR) is 83.0 cm³/mol. The van der Waals surface area contributed by atoms with E-state index in [9.17, 15) is 0 Å². The molecule has 7 heteroatoms. The van der Waals surface area contributed by atoms with Gasteiger partial charge in [-0.2, -0.15) is 5.10 Å². The second kappa shape index (κ2) is 6.36. The highest BCUT2D eigenvalue weighted by atomic mass is 79.9. The third kappa shape index (κ3) is 2.84. The number of hydrogen-bond acceptors (Lipinski definition) is 5. The van der Waals surface area contributed by atoms with Gasteiger partial charge in [0.1, 0.15) is 5.75 Å². The number of benzene rings is 1. The molecule has 6 nitrogen and oxygen atoms in total. The van der Waals surface area contributed by atoms with E-state index in [2.05, 4.69) is 21.0 Å². The van der Waals surface area contributed by atoms with Gasteiger partial charge in [-0.3, -0.25) is 4.68 Å². The molecule has 114 valence electrons. The van der Waals surface area contributed by atoms with Gasteiger partial charge in [0.15, 0.2) is 11.5 Å². The van der Waals surface area contributed by atoms with E-state index in [0.29, 0.717) is 17.2 Å². The van der Waals surface area contributed by atoms with Gasteiger partial charge in [-0.25, -0.2) is 0 Å². The Labute approximate surface area is 131 Å². The average molecular weight is 356 g/mol. The zero-order valence-electron chi connectivity index (χ0n) is 12.4. The number of methoxy groups -OCH3 is 3. The zero-order chi connectivity index (χ0) is 15.6. The molecule has 0 spiro atoms. The van der Waals surface area contributed by atoms with Crippen LogP contribution in [0, 0.1) is 0 Å². The molecule has 0 aliphatic carbocycles. The summed E-state index contributed by atoms with van der Waals surface area (Å²) in [5, 5.41) is 4.19. The van der Waals surface area contributed by atoms with Crippen molar-refractivity contribution >= 4 is 15.9 Å². The van der Waals surface area contributed by atoms with Crippen LogP contribution in [0.2, 0.25) is 0 Å².